The van der Waals surface area contributed by atoms with Gasteiger partial charge in [0.05, 0.1) is 31.0 Å². The number of amides is 1. The van der Waals surface area contributed by atoms with Crippen LogP contribution < -0.4 is 15.2 Å². The quantitative estimate of drug-likeness (QED) is 0.102. The smallest absolute Gasteiger partial charge is 0.444 e. The number of esters is 1. The minimum absolute atomic E-state index is 0.00224. The second-order valence-corrected chi connectivity index (χ2v) is 14.5. The molecule has 276 valence electrons. The highest BCUT2D eigenvalue weighted by Gasteiger charge is 2.34. The minimum atomic E-state index is -4.88. The molecule has 0 bridgehead atoms. The van der Waals surface area contributed by atoms with Gasteiger partial charge in [0.2, 0.25) is 0 Å². The Labute approximate surface area is 294 Å². The van der Waals surface area contributed by atoms with Crippen LogP contribution in [-0.2, 0) is 47.1 Å². The van der Waals surface area contributed by atoms with Crippen LogP contribution in [0.2, 0.25) is 0 Å². The number of nitrogens with one attached hydrogen (secondary N) is 2. The topological polar surface area (TPSA) is 210 Å². The van der Waals surface area contributed by atoms with Crippen LogP contribution in [0.15, 0.2) is 36.7 Å². The van der Waals surface area contributed by atoms with Gasteiger partial charge in [-0.3, -0.25) is 14.6 Å². The molecule has 0 saturated carbocycles. The molecule has 18 heteroatoms. The molecule has 0 unspecified atom stereocenters. The van der Waals surface area contributed by atoms with Gasteiger partial charge in [0.15, 0.2) is 12.5 Å². The number of anilines is 2. The van der Waals surface area contributed by atoms with Crippen molar-refractivity contribution >= 4 is 37.0 Å². The molecular weight excluding hydrogens is 685 g/mol. The number of phosphoric ester groups is 1. The summed E-state index contributed by atoms with van der Waals surface area (Å²) in [5.41, 5.74) is 2.86. The van der Waals surface area contributed by atoms with E-state index in [0.29, 0.717) is 52.7 Å². The first-order chi connectivity index (χ1) is 24.0. The molecule has 1 aliphatic heterocycles. The molecule has 4 N–H and O–H groups in total. The number of carbonyl (C=O) groups is 2. The van der Waals surface area contributed by atoms with E-state index >= 15 is 0 Å². The van der Waals surface area contributed by atoms with Gasteiger partial charge in [0.1, 0.15) is 29.3 Å². The van der Waals surface area contributed by atoms with Crippen LogP contribution >= 0.6 is 7.82 Å². The van der Waals surface area contributed by atoms with E-state index in [9.17, 15) is 23.9 Å². The van der Waals surface area contributed by atoms with Gasteiger partial charge in [-0.25, -0.2) is 23.5 Å². The van der Waals surface area contributed by atoms with Gasteiger partial charge in [0.25, 0.3) is 0 Å². The van der Waals surface area contributed by atoms with Crippen molar-refractivity contribution in [2.75, 3.05) is 19.0 Å². The highest BCUT2D eigenvalue weighted by molar-refractivity contribution is 7.46. The van der Waals surface area contributed by atoms with E-state index < -0.39 is 37.5 Å². The number of carbonyl (C=O) groups excluding carboxylic acids is 2. The lowest BCUT2D eigenvalue weighted by molar-refractivity contribution is -0.149. The Hall–Kier alpha value is -4.54. The van der Waals surface area contributed by atoms with Crippen molar-refractivity contribution in [3.8, 4) is 5.75 Å². The number of phosphoric acid groups is 1. The van der Waals surface area contributed by atoms with Crippen molar-refractivity contribution in [1.82, 2.24) is 29.7 Å². The lowest BCUT2D eigenvalue weighted by Crippen LogP contribution is -2.33. The molecule has 0 aliphatic carbocycles. The standard InChI is InChI=1S/C33H44N7O10P/c1-19(2)35-32(42)49-23-13-26(47-17-23)24-14-28(36-31-25-12-22(16-46-7)37-39(25)9-8-34-31)40(38-24)18-48-29(41)15-33(5,6)30-21(4)10-20(3)11-27(30)50-51(43,44)45/h8-12,14,19,23,26H,13,15-18H2,1-7H3,(H,34,36)(H,35,42)(H2,43,44,45)/t23-,26-/m0/s1. The number of fused-ring (bicyclic) bond motifs is 1. The lowest BCUT2D eigenvalue weighted by Gasteiger charge is -2.29. The van der Waals surface area contributed by atoms with Crippen LogP contribution in [0.3, 0.4) is 0 Å². The summed E-state index contributed by atoms with van der Waals surface area (Å²) in [5, 5.41) is 15.2. The Morgan fingerprint density at radius 2 is 1.92 bits per heavy atom. The molecular formula is C33H44N7O10P. The zero-order chi connectivity index (χ0) is 37.1. The van der Waals surface area contributed by atoms with E-state index in [0.717, 1.165) is 5.56 Å². The minimum Gasteiger partial charge on any atom is -0.444 e. The van der Waals surface area contributed by atoms with E-state index in [1.165, 1.54) is 10.7 Å². The predicted molar refractivity (Wildman–Crippen MR) is 183 cm³/mol. The van der Waals surface area contributed by atoms with Crippen LogP contribution in [0.4, 0.5) is 16.4 Å². The van der Waals surface area contributed by atoms with Gasteiger partial charge in [-0.15, -0.1) is 0 Å². The van der Waals surface area contributed by atoms with Gasteiger partial charge in [-0.05, 0) is 51.0 Å². The van der Waals surface area contributed by atoms with Gasteiger partial charge in [0, 0.05) is 49.0 Å². The van der Waals surface area contributed by atoms with Crippen LogP contribution in [0.5, 0.6) is 5.75 Å². The van der Waals surface area contributed by atoms with Gasteiger partial charge < -0.3 is 34.1 Å². The van der Waals surface area contributed by atoms with E-state index in [1.807, 2.05) is 26.0 Å². The third-order valence-electron chi connectivity index (χ3n) is 8.02. The maximum absolute atomic E-state index is 13.4. The first-order valence-corrected chi connectivity index (χ1v) is 17.8. The average molecular weight is 730 g/mol. The number of ether oxygens (including phenoxy) is 4. The fourth-order valence-corrected chi connectivity index (χ4v) is 6.54. The Kier molecular flexibility index (Phi) is 11.4. The monoisotopic (exact) mass is 729 g/mol. The number of aromatic nitrogens is 5. The molecule has 2 atom stereocenters. The number of methoxy groups -OCH3 is 1. The molecule has 4 heterocycles. The zero-order valence-electron chi connectivity index (χ0n) is 29.6. The second-order valence-electron chi connectivity index (χ2n) is 13.4. The zero-order valence-corrected chi connectivity index (χ0v) is 30.5. The Morgan fingerprint density at radius 3 is 2.63 bits per heavy atom. The highest BCUT2D eigenvalue weighted by atomic mass is 31.2. The van der Waals surface area contributed by atoms with Crippen LogP contribution in [0.1, 0.15) is 74.7 Å². The number of rotatable bonds is 14. The second kappa shape index (κ2) is 15.4. The molecule has 51 heavy (non-hydrogen) atoms. The molecule has 1 amide bonds. The SMILES string of the molecule is COCc1cc2c(Nc3cc([C@@H]4C[C@H](OC(=O)NC(C)C)CO4)nn3COC(=O)CC(C)(C)c3c(C)cc(C)cc3OP(=O)(O)O)nccn2n1. The van der Waals surface area contributed by atoms with Crippen molar-refractivity contribution in [1.29, 1.82) is 0 Å². The van der Waals surface area contributed by atoms with E-state index in [1.54, 1.807) is 57.8 Å². The van der Waals surface area contributed by atoms with Crippen molar-refractivity contribution in [3.05, 3.63) is 64.7 Å². The summed E-state index contributed by atoms with van der Waals surface area (Å²) in [6.45, 7) is 11.0. The summed E-state index contributed by atoms with van der Waals surface area (Å²) in [5.74, 6) is 0.299. The summed E-state index contributed by atoms with van der Waals surface area (Å²) in [6, 6.07) is 6.89. The molecule has 17 nitrogen and oxygen atoms in total. The van der Waals surface area contributed by atoms with Gasteiger partial charge in [-0.2, -0.15) is 10.2 Å². The predicted octanol–water partition coefficient (Wildman–Crippen LogP) is 4.74. The number of alkyl carbamates (subject to hydrolysis) is 1. The molecule has 1 saturated heterocycles. The van der Waals surface area contributed by atoms with Crippen molar-refractivity contribution < 1.29 is 47.4 Å². The van der Waals surface area contributed by atoms with E-state index in [4.69, 9.17) is 23.5 Å². The molecule has 1 aliphatic rings. The number of hydrogen-bond acceptors (Lipinski definition) is 12. The number of aryl methyl sites for hydroxylation is 2. The van der Waals surface area contributed by atoms with E-state index in [2.05, 4.69) is 25.8 Å². The third kappa shape index (κ3) is 9.62. The van der Waals surface area contributed by atoms with E-state index in [-0.39, 0.29) is 31.5 Å². The summed E-state index contributed by atoms with van der Waals surface area (Å²) in [6.07, 6.45) is 1.99. The Morgan fingerprint density at radius 1 is 1.16 bits per heavy atom. The Bertz CT molecular complexity index is 1940. The van der Waals surface area contributed by atoms with Crippen molar-refractivity contribution in [2.45, 2.75) is 91.4 Å². The fraction of sp³-hybridized carbons (Fsp3) is 0.485. The van der Waals surface area contributed by atoms with Gasteiger partial charge >= 0.3 is 19.9 Å². The number of hydrogen-bond donors (Lipinski definition) is 4. The van der Waals surface area contributed by atoms with Crippen LogP contribution in [-0.4, -0.2) is 72.1 Å². The fourth-order valence-electron chi connectivity index (χ4n) is 6.14. The maximum atomic E-state index is 13.4. The van der Waals surface area contributed by atoms with Crippen LogP contribution in [0.25, 0.3) is 5.52 Å². The first-order valence-electron chi connectivity index (χ1n) is 16.3. The third-order valence-corrected chi connectivity index (χ3v) is 8.45. The number of nitrogens with zero attached hydrogens (tertiary/aromatic N) is 5. The van der Waals surface area contributed by atoms with Crippen molar-refractivity contribution in [3.63, 3.8) is 0 Å². The van der Waals surface area contributed by atoms with Crippen LogP contribution in [0, 0.1) is 13.8 Å². The first kappa shape index (κ1) is 37.7. The highest BCUT2D eigenvalue weighted by Crippen LogP contribution is 2.45. The maximum Gasteiger partial charge on any atom is 0.524 e. The normalized spacial score (nSPS) is 16.4. The van der Waals surface area contributed by atoms with Crippen molar-refractivity contribution in [2.24, 2.45) is 0 Å². The molecule has 4 aromatic rings. The summed E-state index contributed by atoms with van der Waals surface area (Å²) in [7, 11) is -3.29. The summed E-state index contributed by atoms with van der Waals surface area (Å²) in [4.78, 5) is 49.2. The molecule has 1 fully saturated rings. The average Bonchev–Trinajstić information content (AvgIpc) is 3.73. The molecule has 0 radical (unpaired) electrons. The molecule has 1 aromatic carbocycles. The number of benzene rings is 1. The van der Waals surface area contributed by atoms with Gasteiger partial charge in [-0.1, -0.05) is 19.9 Å². The summed E-state index contributed by atoms with van der Waals surface area (Å²) >= 11 is 0. The largest absolute Gasteiger partial charge is 0.524 e. The molecule has 0 spiro atoms. The Balaban J connectivity index is 1.37. The molecule has 3 aromatic heterocycles. The molecule has 5 rings (SSSR count). The lowest BCUT2D eigenvalue weighted by atomic mass is 9.78. The summed E-state index contributed by atoms with van der Waals surface area (Å²) < 4.78 is 42.4.